The molecule has 0 bridgehead atoms. The number of aryl methyl sites for hydroxylation is 3. The number of hydrogen-bond acceptors (Lipinski definition) is 3. The summed E-state index contributed by atoms with van der Waals surface area (Å²) in [6.45, 7) is 10.3. The highest BCUT2D eigenvalue weighted by molar-refractivity contribution is 7.89. The lowest BCUT2D eigenvalue weighted by atomic mass is 9.99. The fraction of sp³-hybridized carbons (Fsp3) is 0.500. The van der Waals surface area contributed by atoms with Crippen LogP contribution in [0.4, 0.5) is 0 Å². The van der Waals surface area contributed by atoms with Crippen molar-refractivity contribution in [2.45, 2.75) is 38.5 Å². The van der Waals surface area contributed by atoms with Crippen LogP contribution < -0.4 is 5.32 Å². The van der Waals surface area contributed by atoms with E-state index in [1.165, 1.54) is 4.31 Å². The highest BCUT2D eigenvalue weighted by atomic mass is 32.2. The maximum atomic E-state index is 13.1. The molecule has 6 heteroatoms. The van der Waals surface area contributed by atoms with Crippen molar-refractivity contribution in [2.75, 3.05) is 19.6 Å². The fourth-order valence-electron chi connectivity index (χ4n) is 3.39. The average molecular weight is 350 g/mol. The summed E-state index contributed by atoms with van der Waals surface area (Å²) in [5.41, 5.74) is 2.56. The molecule has 0 unspecified atom stereocenters. The highest BCUT2D eigenvalue weighted by Crippen LogP contribution is 2.28. The molecule has 1 atom stereocenters. The number of benzene rings is 1. The standard InChI is InChI=1S/C18H26N2O3S/c1-5-8-19-18(21)16-7-6-9-20(12-16)24(22,23)17-14(3)10-13(2)11-15(17)4/h5,10-11,16H,1,6-9,12H2,2-4H3,(H,19,21)/t16-/m0/s1. The normalized spacial score (nSPS) is 19.0. The van der Waals surface area contributed by atoms with Crippen molar-refractivity contribution in [1.82, 2.24) is 9.62 Å². The number of sulfonamides is 1. The van der Waals surface area contributed by atoms with Crippen LogP contribution in [0.2, 0.25) is 0 Å². The zero-order chi connectivity index (χ0) is 17.9. The lowest BCUT2D eigenvalue weighted by Crippen LogP contribution is -2.45. The van der Waals surface area contributed by atoms with Crippen molar-refractivity contribution in [2.24, 2.45) is 5.92 Å². The van der Waals surface area contributed by atoms with Crippen molar-refractivity contribution < 1.29 is 13.2 Å². The number of carbonyl (C=O) groups is 1. The van der Waals surface area contributed by atoms with Gasteiger partial charge >= 0.3 is 0 Å². The van der Waals surface area contributed by atoms with E-state index in [9.17, 15) is 13.2 Å². The summed E-state index contributed by atoms with van der Waals surface area (Å²) in [6, 6.07) is 3.77. The topological polar surface area (TPSA) is 66.5 Å². The van der Waals surface area contributed by atoms with E-state index in [0.29, 0.717) is 30.8 Å². The average Bonchev–Trinajstić information content (AvgIpc) is 2.51. The van der Waals surface area contributed by atoms with E-state index in [0.717, 1.165) is 16.7 Å². The number of carbonyl (C=O) groups excluding carboxylic acids is 1. The highest BCUT2D eigenvalue weighted by Gasteiger charge is 2.34. The van der Waals surface area contributed by atoms with Gasteiger partial charge in [0.25, 0.3) is 0 Å². The Morgan fingerprint density at radius 1 is 1.33 bits per heavy atom. The summed E-state index contributed by atoms with van der Waals surface area (Å²) in [7, 11) is -3.59. The van der Waals surface area contributed by atoms with Crippen molar-refractivity contribution in [3.05, 3.63) is 41.5 Å². The largest absolute Gasteiger partial charge is 0.352 e. The molecule has 24 heavy (non-hydrogen) atoms. The Hall–Kier alpha value is -1.66. The Balaban J connectivity index is 2.26. The number of rotatable bonds is 5. The van der Waals surface area contributed by atoms with Gasteiger partial charge in [0.2, 0.25) is 15.9 Å². The molecule has 1 heterocycles. The summed E-state index contributed by atoms with van der Waals surface area (Å²) in [6.07, 6.45) is 3.02. The van der Waals surface area contributed by atoms with Gasteiger partial charge in [-0.15, -0.1) is 6.58 Å². The second-order valence-electron chi connectivity index (χ2n) is 6.46. The van der Waals surface area contributed by atoms with E-state index in [4.69, 9.17) is 0 Å². The zero-order valence-electron chi connectivity index (χ0n) is 14.6. The molecule has 1 aromatic rings. The molecule has 2 rings (SSSR count). The summed E-state index contributed by atoms with van der Waals surface area (Å²) < 4.78 is 27.7. The Morgan fingerprint density at radius 2 is 1.96 bits per heavy atom. The monoisotopic (exact) mass is 350 g/mol. The predicted octanol–water partition coefficient (Wildman–Crippen LogP) is 2.31. The molecule has 0 radical (unpaired) electrons. The Kier molecular flexibility index (Phi) is 5.83. The summed E-state index contributed by atoms with van der Waals surface area (Å²) in [5, 5.41) is 2.77. The van der Waals surface area contributed by atoms with Crippen LogP contribution >= 0.6 is 0 Å². The Bertz CT molecular complexity index is 718. The molecule has 0 aliphatic carbocycles. The van der Waals surface area contributed by atoms with Crippen LogP contribution in [0.3, 0.4) is 0 Å². The number of hydrogen-bond donors (Lipinski definition) is 1. The maximum absolute atomic E-state index is 13.1. The Labute approximate surface area is 144 Å². The van der Waals surface area contributed by atoms with Gasteiger partial charge in [0.15, 0.2) is 0 Å². The minimum Gasteiger partial charge on any atom is -0.352 e. The van der Waals surface area contributed by atoms with Gasteiger partial charge in [0.05, 0.1) is 10.8 Å². The van der Waals surface area contributed by atoms with Crippen LogP contribution in [-0.4, -0.2) is 38.3 Å². The lowest BCUT2D eigenvalue weighted by Gasteiger charge is -2.32. The molecule has 1 saturated heterocycles. The van der Waals surface area contributed by atoms with E-state index in [1.54, 1.807) is 6.08 Å². The van der Waals surface area contributed by atoms with E-state index >= 15 is 0 Å². The van der Waals surface area contributed by atoms with Gasteiger partial charge < -0.3 is 5.32 Å². The van der Waals surface area contributed by atoms with E-state index < -0.39 is 10.0 Å². The van der Waals surface area contributed by atoms with Crippen molar-refractivity contribution >= 4 is 15.9 Å². The van der Waals surface area contributed by atoms with Gasteiger partial charge in [-0.1, -0.05) is 23.8 Å². The minimum atomic E-state index is -3.59. The Morgan fingerprint density at radius 3 is 2.54 bits per heavy atom. The third kappa shape index (κ3) is 3.87. The third-order valence-electron chi connectivity index (χ3n) is 4.38. The molecule has 1 amide bonds. The van der Waals surface area contributed by atoms with Gasteiger partial charge in [-0.25, -0.2) is 8.42 Å². The zero-order valence-corrected chi connectivity index (χ0v) is 15.4. The lowest BCUT2D eigenvalue weighted by molar-refractivity contribution is -0.125. The second-order valence-corrected chi connectivity index (χ2v) is 8.34. The molecule has 0 saturated carbocycles. The number of piperidine rings is 1. The van der Waals surface area contributed by atoms with Crippen molar-refractivity contribution in [1.29, 1.82) is 0 Å². The molecule has 132 valence electrons. The minimum absolute atomic E-state index is 0.104. The quantitative estimate of drug-likeness (QED) is 0.829. The SMILES string of the molecule is C=CCNC(=O)[C@H]1CCCN(S(=O)(=O)c2c(C)cc(C)cc2C)C1. The van der Waals surface area contributed by atoms with Gasteiger partial charge in [-0.2, -0.15) is 4.31 Å². The molecule has 1 N–H and O–H groups in total. The molecule has 1 aliphatic heterocycles. The van der Waals surface area contributed by atoms with Gasteiger partial charge in [0, 0.05) is 19.6 Å². The van der Waals surface area contributed by atoms with Crippen LogP contribution in [0, 0.1) is 26.7 Å². The van der Waals surface area contributed by atoms with E-state index in [2.05, 4.69) is 11.9 Å². The maximum Gasteiger partial charge on any atom is 0.243 e. The number of nitrogens with zero attached hydrogens (tertiary/aromatic N) is 1. The van der Waals surface area contributed by atoms with Crippen LogP contribution in [-0.2, 0) is 14.8 Å². The molecule has 1 aromatic carbocycles. The van der Waals surface area contributed by atoms with Gasteiger partial charge in [-0.05, 0) is 44.7 Å². The number of nitrogens with one attached hydrogen (secondary N) is 1. The molecule has 1 fully saturated rings. The first-order valence-electron chi connectivity index (χ1n) is 8.24. The first kappa shape index (κ1) is 18.7. The van der Waals surface area contributed by atoms with Crippen LogP contribution in [0.25, 0.3) is 0 Å². The van der Waals surface area contributed by atoms with Crippen LogP contribution in [0.5, 0.6) is 0 Å². The third-order valence-corrected chi connectivity index (χ3v) is 6.55. The van der Waals surface area contributed by atoms with Crippen LogP contribution in [0.15, 0.2) is 29.7 Å². The summed E-state index contributed by atoms with van der Waals surface area (Å²) in [5.74, 6) is -0.410. The fourth-order valence-corrected chi connectivity index (χ4v) is 5.33. The smallest absolute Gasteiger partial charge is 0.243 e. The van der Waals surface area contributed by atoms with Crippen molar-refractivity contribution in [3.63, 3.8) is 0 Å². The molecule has 5 nitrogen and oxygen atoms in total. The first-order valence-corrected chi connectivity index (χ1v) is 9.68. The van der Waals surface area contributed by atoms with Crippen LogP contribution in [0.1, 0.15) is 29.5 Å². The van der Waals surface area contributed by atoms with E-state index in [-0.39, 0.29) is 18.4 Å². The molecular weight excluding hydrogens is 324 g/mol. The summed E-state index contributed by atoms with van der Waals surface area (Å²) in [4.78, 5) is 12.5. The number of amides is 1. The molecule has 1 aliphatic rings. The van der Waals surface area contributed by atoms with E-state index in [1.807, 2.05) is 32.9 Å². The first-order chi connectivity index (χ1) is 11.3. The molecule has 0 spiro atoms. The second kappa shape index (κ2) is 7.49. The molecule has 0 aromatic heterocycles. The molecular formula is C18H26N2O3S. The summed E-state index contributed by atoms with van der Waals surface area (Å²) >= 11 is 0. The van der Waals surface area contributed by atoms with Gasteiger partial charge in [0.1, 0.15) is 0 Å². The predicted molar refractivity (Wildman–Crippen MR) is 95.3 cm³/mol. The van der Waals surface area contributed by atoms with Crippen molar-refractivity contribution in [3.8, 4) is 0 Å². The van der Waals surface area contributed by atoms with Gasteiger partial charge in [-0.3, -0.25) is 4.79 Å².